The monoisotopic (exact) mass is 163 g/mol. The Morgan fingerprint density at radius 3 is 2.50 bits per heavy atom. The summed E-state index contributed by atoms with van der Waals surface area (Å²) in [5, 5.41) is 3.24. The average Bonchev–Trinajstić information content (AvgIpc) is 2.16. The van der Waals surface area contributed by atoms with E-state index in [0.29, 0.717) is 6.04 Å². The van der Waals surface area contributed by atoms with Gasteiger partial charge in [-0.25, -0.2) is 0 Å². The first-order chi connectivity index (χ1) is 5.83. The fourth-order valence-corrected chi connectivity index (χ4v) is 1.17. The second-order valence-corrected chi connectivity index (χ2v) is 3.21. The van der Waals surface area contributed by atoms with Crippen LogP contribution in [0, 0.1) is 0 Å². The molecule has 0 aliphatic heterocycles. The summed E-state index contributed by atoms with van der Waals surface area (Å²) in [6.07, 6.45) is 2.38. The van der Waals surface area contributed by atoms with Gasteiger partial charge in [0.15, 0.2) is 0 Å². The van der Waals surface area contributed by atoms with E-state index in [9.17, 15) is 0 Å². The van der Waals surface area contributed by atoms with Gasteiger partial charge in [0.25, 0.3) is 0 Å². The minimum Gasteiger partial charge on any atom is -0.317 e. The quantitative estimate of drug-likeness (QED) is 0.717. The van der Waals surface area contributed by atoms with Crippen molar-refractivity contribution in [2.45, 2.75) is 25.8 Å². The Hall–Kier alpha value is -0.820. The van der Waals surface area contributed by atoms with Crippen molar-refractivity contribution in [2.75, 3.05) is 7.05 Å². The predicted molar refractivity (Wildman–Crippen MR) is 53.3 cm³/mol. The first kappa shape index (κ1) is 9.27. The van der Waals surface area contributed by atoms with Gasteiger partial charge in [-0.15, -0.1) is 0 Å². The fraction of sp³-hybridized carbons (Fsp3) is 0.455. The standard InChI is InChI=1S/C11H17N/c1-10(12-2)8-9-11-6-4-3-5-7-11/h3-7,10,12H,8-9H2,1-2H3. The molecule has 0 radical (unpaired) electrons. The minimum atomic E-state index is 0.616. The van der Waals surface area contributed by atoms with Crippen LogP contribution in [0.1, 0.15) is 18.9 Å². The third-order valence-electron chi connectivity index (χ3n) is 2.20. The SMILES string of the molecule is CNC(C)CCc1ccccc1. The minimum absolute atomic E-state index is 0.616. The second kappa shape index (κ2) is 4.94. The molecule has 0 bridgehead atoms. The molecule has 1 aromatic carbocycles. The highest BCUT2D eigenvalue weighted by atomic mass is 14.8. The summed E-state index contributed by atoms with van der Waals surface area (Å²) in [6, 6.07) is 11.2. The molecule has 0 aromatic heterocycles. The zero-order valence-electron chi connectivity index (χ0n) is 7.88. The number of benzene rings is 1. The molecule has 0 saturated carbocycles. The van der Waals surface area contributed by atoms with Crippen LogP contribution in [-0.2, 0) is 6.42 Å². The van der Waals surface area contributed by atoms with Crippen molar-refractivity contribution in [1.29, 1.82) is 0 Å². The summed E-state index contributed by atoms with van der Waals surface area (Å²) in [5.41, 5.74) is 1.43. The molecule has 0 fully saturated rings. The number of aryl methyl sites for hydroxylation is 1. The first-order valence-corrected chi connectivity index (χ1v) is 4.54. The van der Waals surface area contributed by atoms with Gasteiger partial charge in [0.2, 0.25) is 0 Å². The average molecular weight is 163 g/mol. The van der Waals surface area contributed by atoms with E-state index in [2.05, 4.69) is 42.6 Å². The van der Waals surface area contributed by atoms with Gasteiger partial charge in [0.1, 0.15) is 0 Å². The third kappa shape index (κ3) is 3.05. The van der Waals surface area contributed by atoms with Crippen LogP contribution in [0.25, 0.3) is 0 Å². The van der Waals surface area contributed by atoms with Crippen LogP contribution >= 0.6 is 0 Å². The van der Waals surface area contributed by atoms with Gasteiger partial charge < -0.3 is 5.32 Å². The van der Waals surface area contributed by atoms with E-state index in [-0.39, 0.29) is 0 Å². The summed E-state index contributed by atoms with van der Waals surface area (Å²) in [4.78, 5) is 0. The van der Waals surface area contributed by atoms with Crippen LogP contribution in [0.5, 0.6) is 0 Å². The number of hydrogen-bond acceptors (Lipinski definition) is 1. The van der Waals surface area contributed by atoms with Crippen molar-refractivity contribution in [3.05, 3.63) is 35.9 Å². The number of rotatable bonds is 4. The van der Waals surface area contributed by atoms with Crippen LogP contribution < -0.4 is 5.32 Å². The molecule has 1 atom stereocenters. The summed E-state index contributed by atoms with van der Waals surface area (Å²) >= 11 is 0. The van der Waals surface area contributed by atoms with E-state index in [0.717, 1.165) is 0 Å². The Labute approximate surface area is 74.8 Å². The van der Waals surface area contributed by atoms with E-state index < -0.39 is 0 Å². The van der Waals surface area contributed by atoms with E-state index in [1.54, 1.807) is 0 Å². The van der Waals surface area contributed by atoms with E-state index >= 15 is 0 Å². The lowest BCUT2D eigenvalue weighted by Crippen LogP contribution is -2.21. The van der Waals surface area contributed by atoms with E-state index in [1.807, 2.05) is 7.05 Å². The lowest BCUT2D eigenvalue weighted by atomic mass is 10.1. The van der Waals surface area contributed by atoms with Crippen LogP contribution in [0.4, 0.5) is 0 Å². The maximum Gasteiger partial charge on any atom is 0.00388 e. The van der Waals surface area contributed by atoms with Gasteiger partial charge >= 0.3 is 0 Å². The van der Waals surface area contributed by atoms with Crippen LogP contribution in [-0.4, -0.2) is 13.1 Å². The van der Waals surface area contributed by atoms with Crippen molar-refractivity contribution in [3.8, 4) is 0 Å². The van der Waals surface area contributed by atoms with Gasteiger partial charge in [0, 0.05) is 6.04 Å². The van der Waals surface area contributed by atoms with Gasteiger partial charge in [-0.1, -0.05) is 30.3 Å². The highest BCUT2D eigenvalue weighted by Gasteiger charge is 1.97. The first-order valence-electron chi connectivity index (χ1n) is 4.54. The van der Waals surface area contributed by atoms with Crippen molar-refractivity contribution < 1.29 is 0 Å². The van der Waals surface area contributed by atoms with Crippen molar-refractivity contribution in [1.82, 2.24) is 5.32 Å². The van der Waals surface area contributed by atoms with E-state index in [1.165, 1.54) is 18.4 Å². The van der Waals surface area contributed by atoms with Crippen LogP contribution in [0.3, 0.4) is 0 Å². The van der Waals surface area contributed by atoms with Crippen molar-refractivity contribution >= 4 is 0 Å². The summed E-state index contributed by atoms with van der Waals surface area (Å²) in [6.45, 7) is 2.21. The predicted octanol–water partition coefficient (Wildman–Crippen LogP) is 2.23. The van der Waals surface area contributed by atoms with Crippen LogP contribution in [0.15, 0.2) is 30.3 Å². The molecule has 1 aromatic rings. The molecule has 1 nitrogen and oxygen atoms in total. The maximum atomic E-state index is 3.24. The molecule has 66 valence electrons. The lowest BCUT2D eigenvalue weighted by molar-refractivity contribution is 0.565. The van der Waals surface area contributed by atoms with E-state index in [4.69, 9.17) is 0 Å². The smallest absolute Gasteiger partial charge is 0.00388 e. The molecule has 0 amide bonds. The topological polar surface area (TPSA) is 12.0 Å². The zero-order valence-corrected chi connectivity index (χ0v) is 7.88. The van der Waals surface area contributed by atoms with Gasteiger partial charge in [0.05, 0.1) is 0 Å². The Kier molecular flexibility index (Phi) is 3.81. The van der Waals surface area contributed by atoms with Gasteiger partial charge in [-0.3, -0.25) is 0 Å². The molecular weight excluding hydrogens is 146 g/mol. The number of hydrogen-bond donors (Lipinski definition) is 1. The summed E-state index contributed by atoms with van der Waals surface area (Å²) < 4.78 is 0. The Balaban J connectivity index is 2.33. The maximum absolute atomic E-state index is 3.24. The highest BCUT2D eigenvalue weighted by Crippen LogP contribution is 2.03. The molecule has 0 heterocycles. The summed E-state index contributed by atoms with van der Waals surface area (Å²) in [5.74, 6) is 0. The molecule has 1 rings (SSSR count). The Bertz CT molecular complexity index is 206. The second-order valence-electron chi connectivity index (χ2n) is 3.21. The van der Waals surface area contributed by atoms with Crippen LogP contribution in [0.2, 0.25) is 0 Å². The summed E-state index contributed by atoms with van der Waals surface area (Å²) in [7, 11) is 2.01. The molecule has 1 unspecified atom stereocenters. The number of nitrogens with one attached hydrogen (secondary N) is 1. The fourth-order valence-electron chi connectivity index (χ4n) is 1.17. The molecule has 0 spiro atoms. The zero-order chi connectivity index (χ0) is 8.81. The molecule has 1 N–H and O–H groups in total. The molecule has 12 heavy (non-hydrogen) atoms. The third-order valence-corrected chi connectivity index (χ3v) is 2.20. The Morgan fingerprint density at radius 1 is 1.25 bits per heavy atom. The molecule has 0 saturated heterocycles. The van der Waals surface area contributed by atoms with Gasteiger partial charge in [-0.2, -0.15) is 0 Å². The largest absolute Gasteiger partial charge is 0.317 e. The van der Waals surface area contributed by atoms with Gasteiger partial charge in [-0.05, 0) is 32.4 Å². The lowest BCUT2D eigenvalue weighted by Gasteiger charge is -2.08. The normalized spacial score (nSPS) is 12.8. The Morgan fingerprint density at radius 2 is 1.92 bits per heavy atom. The molecular formula is C11H17N. The molecule has 0 aliphatic rings. The molecule has 1 heteroatoms. The molecule has 0 aliphatic carbocycles. The van der Waals surface area contributed by atoms with Crippen molar-refractivity contribution in [2.24, 2.45) is 0 Å². The highest BCUT2D eigenvalue weighted by molar-refractivity contribution is 5.14. The van der Waals surface area contributed by atoms with Crippen molar-refractivity contribution in [3.63, 3.8) is 0 Å².